The minimum absolute atomic E-state index is 0.116. The van der Waals surface area contributed by atoms with E-state index in [1.807, 2.05) is 38.1 Å². The fourth-order valence-electron chi connectivity index (χ4n) is 5.16. The number of esters is 1. The molecule has 168 valence electrons. The molecule has 0 spiro atoms. The second-order valence-corrected chi connectivity index (χ2v) is 8.99. The van der Waals surface area contributed by atoms with Gasteiger partial charge >= 0.3 is 5.97 Å². The summed E-state index contributed by atoms with van der Waals surface area (Å²) in [7, 11) is 0. The van der Waals surface area contributed by atoms with Crippen LogP contribution in [0.4, 0.5) is 11.4 Å². The minimum Gasteiger partial charge on any atom is -0.452 e. The first-order chi connectivity index (χ1) is 15.8. The van der Waals surface area contributed by atoms with Gasteiger partial charge in [0.15, 0.2) is 6.61 Å². The lowest BCUT2D eigenvalue weighted by molar-refractivity contribution is -0.123. The number of fused-ring (bicyclic) bond motifs is 5. The fourth-order valence-corrected chi connectivity index (χ4v) is 5.16. The van der Waals surface area contributed by atoms with Crippen LogP contribution in [0.1, 0.15) is 27.9 Å². The molecule has 2 bridgehead atoms. The third-order valence-corrected chi connectivity index (χ3v) is 6.94. The van der Waals surface area contributed by atoms with Gasteiger partial charge in [0.25, 0.3) is 5.91 Å². The van der Waals surface area contributed by atoms with Crippen LogP contribution < -0.4 is 10.2 Å². The summed E-state index contributed by atoms with van der Waals surface area (Å²) in [6.07, 6.45) is 4.94. The number of nitrogens with one attached hydrogen (secondary N) is 1. The quantitative estimate of drug-likeness (QED) is 0.433. The van der Waals surface area contributed by atoms with Crippen molar-refractivity contribution in [1.29, 1.82) is 0 Å². The third-order valence-electron chi connectivity index (χ3n) is 6.94. The number of imide groups is 1. The molecule has 2 aromatic carbocycles. The van der Waals surface area contributed by atoms with Gasteiger partial charge in [-0.25, -0.2) is 9.69 Å². The van der Waals surface area contributed by atoms with Crippen molar-refractivity contribution in [3.8, 4) is 0 Å². The summed E-state index contributed by atoms with van der Waals surface area (Å²) in [5.41, 5.74) is 3.31. The molecule has 3 amide bonds. The number of allylic oxidation sites excluding steroid dienone is 2. The normalized spacial score (nSPS) is 24.8. The first-order valence-corrected chi connectivity index (χ1v) is 11.0. The number of carbonyl (C=O) groups is 4. The van der Waals surface area contributed by atoms with E-state index in [-0.39, 0.29) is 41.0 Å². The van der Waals surface area contributed by atoms with E-state index >= 15 is 0 Å². The molecule has 1 N–H and O–H groups in total. The Bertz CT molecular complexity index is 1190. The third kappa shape index (κ3) is 3.63. The van der Waals surface area contributed by atoms with Crippen molar-refractivity contribution in [2.45, 2.75) is 20.3 Å². The van der Waals surface area contributed by atoms with E-state index in [0.29, 0.717) is 11.4 Å². The maximum atomic E-state index is 13.0. The van der Waals surface area contributed by atoms with Gasteiger partial charge in [-0.2, -0.15) is 0 Å². The molecule has 1 aliphatic heterocycles. The van der Waals surface area contributed by atoms with Gasteiger partial charge in [0.1, 0.15) is 0 Å². The van der Waals surface area contributed by atoms with Crippen LogP contribution in [-0.4, -0.2) is 30.3 Å². The summed E-state index contributed by atoms with van der Waals surface area (Å²) in [5.74, 6) is -1.96. The van der Waals surface area contributed by atoms with Crippen LogP contribution in [0.25, 0.3) is 0 Å². The molecule has 0 radical (unpaired) electrons. The molecule has 7 heteroatoms. The number of amides is 3. The van der Waals surface area contributed by atoms with Gasteiger partial charge in [0.2, 0.25) is 11.8 Å². The Hall–Kier alpha value is -3.74. The molecular weight excluding hydrogens is 420 g/mol. The maximum absolute atomic E-state index is 13.0. The van der Waals surface area contributed by atoms with E-state index < -0.39 is 18.5 Å². The molecular formula is C26H24N2O5. The van der Waals surface area contributed by atoms with Crippen LogP contribution in [-0.2, 0) is 19.1 Å². The predicted octanol–water partition coefficient (Wildman–Crippen LogP) is 3.41. The van der Waals surface area contributed by atoms with Gasteiger partial charge in [-0.3, -0.25) is 14.4 Å². The van der Waals surface area contributed by atoms with Crippen molar-refractivity contribution in [2.24, 2.45) is 23.7 Å². The van der Waals surface area contributed by atoms with Gasteiger partial charge in [0.05, 0.1) is 23.1 Å². The number of hydrogen-bond acceptors (Lipinski definition) is 5. The Balaban J connectivity index is 1.24. The van der Waals surface area contributed by atoms with E-state index in [1.165, 1.54) is 17.0 Å². The van der Waals surface area contributed by atoms with Crippen molar-refractivity contribution in [3.63, 3.8) is 0 Å². The molecule has 2 aliphatic carbocycles. The first-order valence-electron chi connectivity index (χ1n) is 11.0. The number of anilines is 2. The minimum atomic E-state index is -0.701. The topological polar surface area (TPSA) is 92.8 Å². The van der Waals surface area contributed by atoms with Crippen LogP contribution in [0.15, 0.2) is 54.6 Å². The summed E-state index contributed by atoms with van der Waals surface area (Å²) >= 11 is 0. The average molecular weight is 444 g/mol. The van der Waals surface area contributed by atoms with E-state index in [0.717, 1.165) is 17.5 Å². The van der Waals surface area contributed by atoms with Crippen molar-refractivity contribution in [2.75, 3.05) is 16.8 Å². The molecule has 7 nitrogen and oxygen atoms in total. The molecule has 1 heterocycles. The van der Waals surface area contributed by atoms with E-state index in [1.54, 1.807) is 18.2 Å². The Kier molecular flexibility index (Phi) is 5.12. The second kappa shape index (κ2) is 7.99. The highest BCUT2D eigenvalue weighted by molar-refractivity contribution is 6.23. The second-order valence-electron chi connectivity index (χ2n) is 8.99. The number of nitrogens with zero attached hydrogens (tertiary/aromatic N) is 1. The molecule has 1 saturated heterocycles. The molecule has 0 aromatic heterocycles. The van der Waals surface area contributed by atoms with Crippen molar-refractivity contribution in [3.05, 3.63) is 71.3 Å². The number of aryl methyl sites for hydroxylation is 2. The average Bonchev–Trinajstić information content (AvgIpc) is 3.48. The molecule has 4 atom stereocenters. The number of rotatable bonds is 5. The van der Waals surface area contributed by atoms with Crippen LogP contribution in [0, 0.1) is 37.5 Å². The number of ether oxygens (including phenoxy) is 1. The Labute approximate surface area is 191 Å². The van der Waals surface area contributed by atoms with Gasteiger partial charge in [-0.15, -0.1) is 0 Å². The van der Waals surface area contributed by atoms with Crippen LogP contribution in [0.3, 0.4) is 0 Å². The van der Waals surface area contributed by atoms with E-state index in [4.69, 9.17) is 4.74 Å². The highest BCUT2D eigenvalue weighted by Crippen LogP contribution is 2.53. The molecule has 1 saturated carbocycles. The standard InChI is InChI=1S/C26H24N2O5/c1-14-6-9-19(10-15(14)2)27-21(29)13-33-26(32)18-4-3-5-20(12-18)28-24(30)22-16-7-8-17(11-16)23(22)25(28)31/h3-10,12,16-17,22-23H,11,13H2,1-2H3,(H,27,29)/t16-,17-,22+,23+/m0/s1. The molecule has 0 unspecified atom stereocenters. The SMILES string of the molecule is Cc1ccc(NC(=O)COC(=O)c2cccc(N3C(=O)[C@H]4[C@H](C3=O)[C@H]3C=C[C@H]4C3)c2)cc1C. The summed E-state index contributed by atoms with van der Waals surface area (Å²) in [6, 6.07) is 11.8. The first kappa shape index (κ1) is 21.1. The Morgan fingerprint density at radius 1 is 0.970 bits per heavy atom. The van der Waals surface area contributed by atoms with Crippen LogP contribution >= 0.6 is 0 Å². The Morgan fingerprint density at radius 2 is 1.67 bits per heavy atom. The summed E-state index contributed by atoms with van der Waals surface area (Å²) < 4.78 is 5.16. The summed E-state index contributed by atoms with van der Waals surface area (Å²) in [5, 5.41) is 2.70. The zero-order valence-corrected chi connectivity index (χ0v) is 18.4. The fraction of sp³-hybridized carbons (Fsp3) is 0.308. The monoisotopic (exact) mass is 444 g/mol. The van der Waals surface area contributed by atoms with E-state index in [2.05, 4.69) is 5.32 Å². The van der Waals surface area contributed by atoms with Crippen LogP contribution in [0.2, 0.25) is 0 Å². The lowest BCUT2D eigenvalue weighted by Crippen LogP contribution is -2.33. The zero-order chi connectivity index (χ0) is 23.3. The van der Waals surface area contributed by atoms with Crippen LogP contribution in [0.5, 0.6) is 0 Å². The Morgan fingerprint density at radius 3 is 2.33 bits per heavy atom. The van der Waals surface area contributed by atoms with Gasteiger partial charge in [-0.1, -0.05) is 24.3 Å². The molecule has 3 aliphatic rings. The summed E-state index contributed by atoms with van der Waals surface area (Å²) in [4.78, 5) is 51.9. The van der Waals surface area contributed by atoms with Gasteiger partial charge in [-0.05, 0) is 73.6 Å². The van der Waals surface area contributed by atoms with Gasteiger partial charge < -0.3 is 10.1 Å². The van der Waals surface area contributed by atoms with E-state index in [9.17, 15) is 19.2 Å². The van der Waals surface area contributed by atoms with Gasteiger partial charge in [0, 0.05) is 5.69 Å². The molecule has 33 heavy (non-hydrogen) atoms. The van der Waals surface area contributed by atoms with Crippen molar-refractivity contribution >= 4 is 35.1 Å². The highest BCUT2D eigenvalue weighted by atomic mass is 16.5. The van der Waals surface area contributed by atoms with Crippen molar-refractivity contribution in [1.82, 2.24) is 0 Å². The summed E-state index contributed by atoms with van der Waals surface area (Å²) in [6.45, 7) is 3.48. The molecule has 2 fully saturated rings. The lowest BCUT2D eigenvalue weighted by atomic mass is 9.85. The number of carbonyl (C=O) groups excluding carboxylic acids is 4. The predicted molar refractivity (Wildman–Crippen MR) is 121 cm³/mol. The molecule has 5 rings (SSSR count). The lowest BCUT2D eigenvalue weighted by Gasteiger charge is -2.18. The number of hydrogen-bond donors (Lipinski definition) is 1. The maximum Gasteiger partial charge on any atom is 0.338 e. The number of benzene rings is 2. The zero-order valence-electron chi connectivity index (χ0n) is 18.4. The molecule has 2 aromatic rings. The largest absolute Gasteiger partial charge is 0.452 e. The highest BCUT2D eigenvalue weighted by Gasteiger charge is 2.59. The van der Waals surface area contributed by atoms with Crippen molar-refractivity contribution < 1.29 is 23.9 Å². The smallest absolute Gasteiger partial charge is 0.338 e.